The first kappa shape index (κ1) is 11.0. The lowest BCUT2D eigenvalue weighted by atomic mass is 10.1. The Morgan fingerprint density at radius 1 is 1.58 bits per heavy atom. The van der Waals surface area contributed by atoms with Crippen LogP contribution >= 0.6 is 0 Å². The first-order valence-corrected chi connectivity index (χ1v) is 4.18. The largest absolute Gasteiger partial charge is 0.463 e. The van der Waals surface area contributed by atoms with Crippen LogP contribution in [0.4, 0.5) is 0 Å². The maximum Gasteiger partial charge on any atom is 0.333 e. The van der Waals surface area contributed by atoms with Crippen molar-refractivity contribution < 1.29 is 9.53 Å². The van der Waals surface area contributed by atoms with Crippen molar-refractivity contribution in [3.8, 4) is 0 Å². The van der Waals surface area contributed by atoms with Crippen LogP contribution in [0.1, 0.15) is 26.2 Å². The molecule has 0 unspecified atom stereocenters. The third-order valence-corrected chi connectivity index (χ3v) is 1.45. The second-order valence-corrected chi connectivity index (χ2v) is 2.50. The average Bonchev–Trinajstić information content (AvgIpc) is 2.05. The van der Waals surface area contributed by atoms with Gasteiger partial charge in [-0.1, -0.05) is 12.7 Å². The van der Waals surface area contributed by atoms with Crippen molar-refractivity contribution in [2.24, 2.45) is 0 Å². The molecule has 0 aliphatic rings. The maximum atomic E-state index is 11.0. The lowest BCUT2D eigenvalue weighted by molar-refractivity contribution is -0.138. The number of allylic oxidation sites excluding steroid dienone is 1. The number of unbranched alkanes of at least 4 members (excludes halogenated alkanes) is 1. The fraction of sp³-hybridized carbons (Fsp3) is 0.500. The van der Waals surface area contributed by atoms with Crippen LogP contribution in [-0.2, 0) is 9.53 Å². The quantitative estimate of drug-likeness (QED) is 0.263. The molecule has 0 amide bonds. The molecule has 0 atom stereocenters. The number of carbonyl (C=O) groups excluding carboxylic acids is 1. The van der Waals surface area contributed by atoms with E-state index in [9.17, 15) is 4.79 Å². The number of esters is 1. The summed E-state index contributed by atoms with van der Waals surface area (Å²) in [5, 5.41) is 0. The molecule has 0 saturated heterocycles. The van der Waals surface area contributed by atoms with Crippen LogP contribution in [0.15, 0.2) is 24.8 Å². The van der Waals surface area contributed by atoms with Gasteiger partial charge in [0.05, 0.1) is 6.61 Å². The van der Waals surface area contributed by atoms with Crippen molar-refractivity contribution >= 4 is 5.97 Å². The summed E-state index contributed by atoms with van der Waals surface area (Å²) in [6.45, 7) is 9.43. The number of ether oxygens (including phenoxy) is 1. The van der Waals surface area contributed by atoms with Gasteiger partial charge in [0, 0.05) is 5.57 Å². The molecule has 2 heteroatoms. The number of hydrogen-bond donors (Lipinski definition) is 0. The third kappa shape index (κ3) is 4.72. The molecule has 0 spiro atoms. The highest BCUT2D eigenvalue weighted by molar-refractivity contribution is 5.87. The van der Waals surface area contributed by atoms with Gasteiger partial charge in [-0.25, -0.2) is 4.79 Å². The Bertz CT molecular complexity index is 171. The van der Waals surface area contributed by atoms with Crippen LogP contribution in [0.5, 0.6) is 0 Å². The first-order valence-electron chi connectivity index (χ1n) is 4.18. The highest BCUT2D eigenvalue weighted by atomic mass is 16.5. The fourth-order valence-corrected chi connectivity index (χ4v) is 0.795. The van der Waals surface area contributed by atoms with E-state index >= 15 is 0 Å². The lowest BCUT2D eigenvalue weighted by Gasteiger charge is -2.03. The minimum absolute atomic E-state index is 0.276. The van der Waals surface area contributed by atoms with E-state index in [1.165, 1.54) is 0 Å². The van der Waals surface area contributed by atoms with Crippen molar-refractivity contribution in [1.82, 2.24) is 0 Å². The number of hydrogen-bond acceptors (Lipinski definition) is 2. The Labute approximate surface area is 73.9 Å². The molecule has 0 aromatic rings. The van der Waals surface area contributed by atoms with E-state index in [4.69, 9.17) is 4.74 Å². The normalized spacial score (nSPS) is 9.08. The van der Waals surface area contributed by atoms with E-state index in [1.807, 2.05) is 6.08 Å². The SMILES string of the molecule is C=CCCCC(=C)C(=O)OCC. The molecule has 0 radical (unpaired) electrons. The van der Waals surface area contributed by atoms with Crippen molar-refractivity contribution in [3.63, 3.8) is 0 Å². The Morgan fingerprint density at radius 2 is 2.25 bits per heavy atom. The van der Waals surface area contributed by atoms with Crippen LogP contribution in [0.2, 0.25) is 0 Å². The van der Waals surface area contributed by atoms with Crippen molar-refractivity contribution in [3.05, 3.63) is 24.8 Å². The van der Waals surface area contributed by atoms with Crippen LogP contribution in [0.3, 0.4) is 0 Å². The van der Waals surface area contributed by atoms with Crippen LogP contribution in [0, 0.1) is 0 Å². The Balaban J connectivity index is 3.57. The van der Waals surface area contributed by atoms with Crippen LogP contribution in [-0.4, -0.2) is 12.6 Å². The van der Waals surface area contributed by atoms with E-state index in [1.54, 1.807) is 6.92 Å². The fourth-order valence-electron chi connectivity index (χ4n) is 0.795. The van der Waals surface area contributed by atoms with Gasteiger partial charge in [-0.2, -0.15) is 0 Å². The van der Waals surface area contributed by atoms with E-state index in [0.717, 1.165) is 12.8 Å². The zero-order valence-electron chi connectivity index (χ0n) is 7.64. The minimum Gasteiger partial charge on any atom is -0.463 e. The molecule has 0 bridgehead atoms. The summed E-state index contributed by atoms with van der Waals surface area (Å²) >= 11 is 0. The first-order chi connectivity index (χ1) is 5.72. The van der Waals surface area contributed by atoms with Crippen LogP contribution in [0.25, 0.3) is 0 Å². The lowest BCUT2D eigenvalue weighted by Crippen LogP contribution is -2.06. The molecule has 0 fully saturated rings. The van der Waals surface area contributed by atoms with Gasteiger partial charge < -0.3 is 4.74 Å². The molecule has 0 aromatic heterocycles. The molecule has 0 saturated carbocycles. The van der Waals surface area contributed by atoms with Gasteiger partial charge in [0.1, 0.15) is 0 Å². The number of carbonyl (C=O) groups is 1. The molecular formula is C10H16O2. The van der Waals surface area contributed by atoms with Crippen LogP contribution < -0.4 is 0 Å². The molecule has 2 nitrogen and oxygen atoms in total. The van der Waals surface area contributed by atoms with Crippen molar-refractivity contribution in [2.45, 2.75) is 26.2 Å². The molecule has 0 aliphatic heterocycles. The monoisotopic (exact) mass is 168 g/mol. The molecule has 68 valence electrons. The summed E-state index contributed by atoms with van der Waals surface area (Å²) in [6.07, 6.45) is 4.36. The van der Waals surface area contributed by atoms with Gasteiger partial charge in [0.15, 0.2) is 0 Å². The predicted octanol–water partition coefficient (Wildman–Crippen LogP) is 2.46. The molecular weight excluding hydrogens is 152 g/mol. The van der Waals surface area contributed by atoms with E-state index in [-0.39, 0.29) is 5.97 Å². The van der Waals surface area contributed by atoms with Gasteiger partial charge in [-0.05, 0) is 26.2 Å². The summed E-state index contributed by atoms with van der Waals surface area (Å²) in [5.41, 5.74) is 0.554. The summed E-state index contributed by atoms with van der Waals surface area (Å²) in [7, 11) is 0. The van der Waals surface area contributed by atoms with E-state index in [2.05, 4.69) is 13.2 Å². The minimum atomic E-state index is -0.276. The van der Waals surface area contributed by atoms with Gasteiger partial charge in [0.25, 0.3) is 0 Å². The van der Waals surface area contributed by atoms with Gasteiger partial charge in [0.2, 0.25) is 0 Å². The molecule has 0 N–H and O–H groups in total. The molecule has 12 heavy (non-hydrogen) atoms. The standard InChI is InChI=1S/C10H16O2/c1-4-6-7-8-9(3)10(11)12-5-2/h4H,1,3,5-8H2,2H3. The Morgan fingerprint density at radius 3 is 2.75 bits per heavy atom. The maximum absolute atomic E-state index is 11.0. The molecule has 0 rings (SSSR count). The highest BCUT2D eigenvalue weighted by Gasteiger charge is 2.05. The van der Waals surface area contributed by atoms with E-state index < -0.39 is 0 Å². The molecule has 0 heterocycles. The van der Waals surface area contributed by atoms with E-state index in [0.29, 0.717) is 18.6 Å². The molecule has 0 aromatic carbocycles. The Hall–Kier alpha value is -1.05. The predicted molar refractivity (Wildman–Crippen MR) is 49.8 cm³/mol. The van der Waals surface area contributed by atoms with Gasteiger partial charge in [-0.3, -0.25) is 0 Å². The topological polar surface area (TPSA) is 26.3 Å². The smallest absolute Gasteiger partial charge is 0.333 e. The average molecular weight is 168 g/mol. The molecule has 0 aliphatic carbocycles. The zero-order chi connectivity index (χ0) is 9.40. The summed E-state index contributed by atoms with van der Waals surface area (Å²) in [4.78, 5) is 11.0. The second kappa shape index (κ2) is 6.65. The summed E-state index contributed by atoms with van der Waals surface area (Å²) in [6, 6.07) is 0. The summed E-state index contributed by atoms with van der Waals surface area (Å²) in [5.74, 6) is -0.276. The highest BCUT2D eigenvalue weighted by Crippen LogP contribution is 2.06. The second-order valence-electron chi connectivity index (χ2n) is 2.50. The van der Waals surface area contributed by atoms with Gasteiger partial charge in [-0.15, -0.1) is 6.58 Å². The zero-order valence-corrected chi connectivity index (χ0v) is 7.64. The van der Waals surface area contributed by atoms with Gasteiger partial charge >= 0.3 is 5.97 Å². The summed E-state index contributed by atoms with van der Waals surface area (Å²) < 4.78 is 4.77. The third-order valence-electron chi connectivity index (χ3n) is 1.45. The number of rotatable bonds is 6. The van der Waals surface area contributed by atoms with Crippen molar-refractivity contribution in [2.75, 3.05) is 6.61 Å². The van der Waals surface area contributed by atoms with Crippen molar-refractivity contribution in [1.29, 1.82) is 0 Å². The Kier molecular flexibility index (Phi) is 6.07.